The van der Waals surface area contributed by atoms with Gasteiger partial charge < -0.3 is 5.32 Å². The van der Waals surface area contributed by atoms with Gasteiger partial charge in [0.25, 0.3) is 0 Å². The molecule has 0 atom stereocenters. The lowest BCUT2D eigenvalue weighted by Gasteiger charge is -2.24. The lowest BCUT2D eigenvalue weighted by molar-refractivity contribution is -0.136. The van der Waals surface area contributed by atoms with Crippen LogP contribution in [0.2, 0.25) is 0 Å². The maximum Gasteiger partial charge on any atom is 0.240 e. The van der Waals surface area contributed by atoms with Crippen molar-refractivity contribution in [3.63, 3.8) is 0 Å². The summed E-state index contributed by atoms with van der Waals surface area (Å²) in [6.45, 7) is -0.0370. The van der Waals surface area contributed by atoms with Gasteiger partial charge in [-0.2, -0.15) is 5.26 Å². The largest absolute Gasteiger partial charge is 0.325 e. The van der Waals surface area contributed by atoms with Gasteiger partial charge in [0.2, 0.25) is 17.7 Å². The van der Waals surface area contributed by atoms with E-state index in [0.717, 1.165) is 0 Å². The van der Waals surface area contributed by atoms with E-state index in [4.69, 9.17) is 5.26 Å². The smallest absolute Gasteiger partial charge is 0.240 e. The summed E-state index contributed by atoms with van der Waals surface area (Å²) < 4.78 is 0. The number of anilines is 1. The number of hydrogen-bond acceptors (Lipinski definition) is 5. The second-order valence-electron chi connectivity index (χ2n) is 4.36. The number of nitriles is 1. The van der Waals surface area contributed by atoms with E-state index < -0.39 is 11.8 Å². The van der Waals surface area contributed by atoms with Crippen molar-refractivity contribution < 1.29 is 14.4 Å². The number of carbonyl (C=O) groups excluding carboxylic acids is 3. The van der Waals surface area contributed by atoms with Crippen molar-refractivity contribution in [1.82, 2.24) is 10.2 Å². The highest BCUT2D eigenvalue weighted by Gasteiger charge is 2.23. The molecule has 1 fully saturated rings. The summed E-state index contributed by atoms with van der Waals surface area (Å²) in [5.74, 6) is -1.18. The van der Waals surface area contributed by atoms with Crippen LogP contribution >= 0.6 is 0 Å². The molecule has 1 aliphatic rings. The van der Waals surface area contributed by atoms with Crippen molar-refractivity contribution in [2.24, 2.45) is 0 Å². The van der Waals surface area contributed by atoms with Gasteiger partial charge >= 0.3 is 0 Å². The molecule has 2 N–H and O–H groups in total. The Morgan fingerprint density at radius 2 is 2.05 bits per heavy atom. The van der Waals surface area contributed by atoms with Crippen molar-refractivity contribution >= 4 is 23.4 Å². The number of carbonyl (C=O) groups is 3. The molecule has 2 rings (SSSR count). The molecule has 7 heteroatoms. The molecule has 7 nitrogen and oxygen atoms in total. The third kappa shape index (κ3) is 3.63. The first-order chi connectivity index (χ1) is 9.56. The summed E-state index contributed by atoms with van der Waals surface area (Å²) in [5, 5.41) is 13.5. The summed E-state index contributed by atoms with van der Waals surface area (Å²) in [6.07, 6.45) is 0. The van der Waals surface area contributed by atoms with Crippen molar-refractivity contribution in [2.45, 2.75) is 0 Å². The first-order valence-electron chi connectivity index (χ1n) is 5.92. The van der Waals surface area contributed by atoms with Crippen LogP contribution in [-0.2, 0) is 14.4 Å². The molecular formula is C13H12N4O3. The second-order valence-corrected chi connectivity index (χ2v) is 4.36. The van der Waals surface area contributed by atoms with Gasteiger partial charge in [0.15, 0.2) is 0 Å². The van der Waals surface area contributed by atoms with Crippen LogP contribution in [0.3, 0.4) is 0 Å². The Bertz CT molecular complexity index is 590. The predicted octanol–water partition coefficient (Wildman–Crippen LogP) is -0.545. The summed E-state index contributed by atoms with van der Waals surface area (Å²) in [5.41, 5.74) is 0.942. The van der Waals surface area contributed by atoms with E-state index in [1.807, 2.05) is 6.07 Å². The van der Waals surface area contributed by atoms with Crippen LogP contribution in [0.1, 0.15) is 5.56 Å². The molecule has 0 aliphatic carbocycles. The standard InChI is InChI=1S/C13H12N4O3/c14-5-9-2-1-3-10(4-9)15-11(18)6-17-7-12(19)16-13(20)8-17/h1-4H,6-8H2,(H,15,18)(H,16,19,20). The summed E-state index contributed by atoms with van der Waals surface area (Å²) >= 11 is 0. The van der Waals surface area contributed by atoms with Gasteiger partial charge in [-0.15, -0.1) is 0 Å². The number of piperazine rings is 1. The number of benzene rings is 1. The van der Waals surface area contributed by atoms with Gasteiger partial charge in [-0.3, -0.25) is 24.6 Å². The summed E-state index contributed by atoms with van der Waals surface area (Å²) in [4.78, 5) is 35.6. The molecule has 20 heavy (non-hydrogen) atoms. The molecule has 1 heterocycles. The van der Waals surface area contributed by atoms with Crippen molar-refractivity contribution in [3.8, 4) is 6.07 Å². The van der Waals surface area contributed by atoms with Gasteiger partial charge in [0.1, 0.15) is 0 Å². The zero-order chi connectivity index (χ0) is 14.5. The molecule has 1 aromatic carbocycles. The van der Waals surface area contributed by atoms with Crippen LogP contribution in [0.5, 0.6) is 0 Å². The van der Waals surface area contributed by atoms with E-state index in [9.17, 15) is 14.4 Å². The highest BCUT2D eigenvalue weighted by Crippen LogP contribution is 2.09. The third-order valence-corrected chi connectivity index (χ3v) is 2.66. The molecule has 0 unspecified atom stereocenters. The van der Waals surface area contributed by atoms with E-state index >= 15 is 0 Å². The van der Waals surface area contributed by atoms with E-state index in [0.29, 0.717) is 11.3 Å². The molecule has 0 spiro atoms. The number of nitrogens with one attached hydrogen (secondary N) is 2. The first kappa shape index (κ1) is 13.7. The lowest BCUT2D eigenvalue weighted by Crippen LogP contribution is -2.53. The molecule has 3 amide bonds. The molecular weight excluding hydrogens is 260 g/mol. The van der Waals surface area contributed by atoms with Crippen LogP contribution < -0.4 is 10.6 Å². The van der Waals surface area contributed by atoms with E-state index in [-0.39, 0.29) is 25.5 Å². The van der Waals surface area contributed by atoms with Crippen LogP contribution in [0, 0.1) is 11.3 Å². The maximum absolute atomic E-state index is 11.8. The highest BCUT2D eigenvalue weighted by atomic mass is 16.2. The SMILES string of the molecule is N#Cc1cccc(NC(=O)CN2CC(=O)NC(=O)C2)c1. The quantitative estimate of drug-likeness (QED) is 0.719. The Morgan fingerprint density at radius 3 is 2.70 bits per heavy atom. The second kappa shape index (κ2) is 5.95. The van der Waals surface area contributed by atoms with Crippen LogP contribution in [-0.4, -0.2) is 42.3 Å². The minimum Gasteiger partial charge on any atom is -0.325 e. The maximum atomic E-state index is 11.8. The number of rotatable bonds is 3. The minimum absolute atomic E-state index is 0.0113. The average Bonchev–Trinajstić information content (AvgIpc) is 2.37. The Kier molecular flexibility index (Phi) is 4.08. The Labute approximate surface area is 115 Å². The number of imide groups is 1. The molecule has 102 valence electrons. The van der Waals surface area contributed by atoms with Gasteiger partial charge in [0, 0.05) is 5.69 Å². The Hall–Kier alpha value is -2.72. The molecule has 1 aliphatic heterocycles. The van der Waals surface area contributed by atoms with Crippen LogP contribution in [0.15, 0.2) is 24.3 Å². The Morgan fingerprint density at radius 1 is 1.35 bits per heavy atom. The third-order valence-electron chi connectivity index (χ3n) is 2.66. The van der Waals surface area contributed by atoms with E-state index in [1.165, 1.54) is 4.90 Å². The minimum atomic E-state index is -0.416. The molecule has 1 saturated heterocycles. The highest BCUT2D eigenvalue weighted by molar-refractivity contribution is 6.00. The topological polar surface area (TPSA) is 102 Å². The fourth-order valence-electron chi connectivity index (χ4n) is 1.88. The van der Waals surface area contributed by atoms with Crippen molar-refractivity contribution in [2.75, 3.05) is 25.0 Å². The number of amides is 3. The summed E-state index contributed by atoms with van der Waals surface area (Å²) in [7, 11) is 0. The van der Waals surface area contributed by atoms with Gasteiger partial charge in [0.05, 0.1) is 31.3 Å². The first-order valence-corrected chi connectivity index (χ1v) is 5.92. The van der Waals surface area contributed by atoms with Gasteiger partial charge in [-0.05, 0) is 18.2 Å². The lowest BCUT2D eigenvalue weighted by atomic mass is 10.2. The van der Waals surface area contributed by atoms with Crippen LogP contribution in [0.25, 0.3) is 0 Å². The predicted molar refractivity (Wildman–Crippen MR) is 69.4 cm³/mol. The van der Waals surface area contributed by atoms with Gasteiger partial charge in [-0.1, -0.05) is 6.07 Å². The van der Waals surface area contributed by atoms with E-state index in [1.54, 1.807) is 24.3 Å². The molecule has 0 bridgehead atoms. The zero-order valence-electron chi connectivity index (χ0n) is 10.5. The van der Waals surface area contributed by atoms with Gasteiger partial charge in [-0.25, -0.2) is 0 Å². The molecule has 0 aromatic heterocycles. The van der Waals surface area contributed by atoms with E-state index in [2.05, 4.69) is 10.6 Å². The molecule has 0 radical (unpaired) electrons. The van der Waals surface area contributed by atoms with Crippen molar-refractivity contribution in [1.29, 1.82) is 5.26 Å². The van der Waals surface area contributed by atoms with Crippen LogP contribution in [0.4, 0.5) is 5.69 Å². The molecule has 0 saturated carbocycles. The number of hydrogen-bond donors (Lipinski definition) is 2. The fraction of sp³-hybridized carbons (Fsp3) is 0.231. The zero-order valence-corrected chi connectivity index (χ0v) is 10.5. The molecule has 1 aromatic rings. The monoisotopic (exact) mass is 272 g/mol. The summed E-state index contributed by atoms with van der Waals surface area (Å²) in [6, 6.07) is 8.47. The Balaban J connectivity index is 1.93. The fourth-order valence-corrected chi connectivity index (χ4v) is 1.88. The average molecular weight is 272 g/mol. The number of nitrogens with zero attached hydrogens (tertiary/aromatic N) is 2. The van der Waals surface area contributed by atoms with Crippen molar-refractivity contribution in [3.05, 3.63) is 29.8 Å². The normalized spacial score (nSPS) is 15.3.